The smallest absolute Gasteiger partial charge is 0.0590 e. The molecule has 0 atom stereocenters. The van der Waals surface area contributed by atoms with E-state index in [4.69, 9.17) is 4.74 Å². The molecule has 1 N–H and O–H groups in total. The minimum absolute atomic E-state index is 0.827. The zero-order valence-electron chi connectivity index (χ0n) is 10.8. The molecule has 0 spiro atoms. The lowest BCUT2D eigenvalue weighted by atomic mass is 10.1. The molecule has 0 saturated carbocycles. The first kappa shape index (κ1) is 13.9. The molecule has 0 aromatic carbocycles. The molecule has 1 fully saturated rings. The summed E-state index contributed by atoms with van der Waals surface area (Å²) in [4.78, 5) is 2.60. The summed E-state index contributed by atoms with van der Waals surface area (Å²) < 4.78 is 5.29. The van der Waals surface area contributed by atoms with Crippen molar-refractivity contribution < 1.29 is 4.74 Å². The van der Waals surface area contributed by atoms with Gasteiger partial charge in [0.25, 0.3) is 0 Å². The lowest BCUT2D eigenvalue weighted by Crippen LogP contribution is -2.35. The zero-order valence-corrected chi connectivity index (χ0v) is 10.8. The van der Waals surface area contributed by atoms with Crippen molar-refractivity contribution in [3.05, 3.63) is 0 Å². The number of nitrogens with one attached hydrogen (secondary N) is 1. The average Bonchev–Trinajstić information content (AvgIpc) is 2.25. The Bertz CT molecular complexity index is 145. The zero-order chi connectivity index (χ0) is 11.5. The maximum Gasteiger partial charge on any atom is 0.0590 e. The van der Waals surface area contributed by atoms with Crippen LogP contribution in [0, 0.1) is 0 Å². The highest BCUT2D eigenvalue weighted by Gasteiger charge is 2.06. The Morgan fingerprint density at radius 1 is 1.00 bits per heavy atom. The number of likely N-dealkylation sites (tertiary alicyclic amines) is 1. The summed E-state index contributed by atoms with van der Waals surface area (Å²) in [5, 5.41) is 3.44. The Hall–Kier alpha value is -0.120. The van der Waals surface area contributed by atoms with Gasteiger partial charge in [0.1, 0.15) is 0 Å². The first-order valence-electron chi connectivity index (χ1n) is 6.94. The maximum atomic E-state index is 5.29. The van der Waals surface area contributed by atoms with Crippen molar-refractivity contribution in [2.24, 2.45) is 0 Å². The fourth-order valence-electron chi connectivity index (χ4n) is 2.19. The van der Waals surface area contributed by atoms with Crippen LogP contribution in [0.3, 0.4) is 0 Å². The predicted octanol–water partition coefficient (Wildman–Crippen LogP) is 1.88. The standard InChI is InChI=1S/C13H28N2O/c1-2-16-13-9-14-8-12-15-10-6-4-3-5-7-11-15/h14H,2-13H2,1H3. The van der Waals surface area contributed by atoms with E-state index in [-0.39, 0.29) is 0 Å². The molecule has 0 amide bonds. The second kappa shape index (κ2) is 10.1. The summed E-state index contributed by atoms with van der Waals surface area (Å²) in [6.07, 6.45) is 7.07. The number of ether oxygens (including phenoxy) is 1. The molecule has 0 aromatic rings. The molecule has 16 heavy (non-hydrogen) atoms. The third kappa shape index (κ3) is 7.20. The van der Waals surface area contributed by atoms with Gasteiger partial charge in [0.05, 0.1) is 6.61 Å². The molecule has 0 aliphatic carbocycles. The minimum atomic E-state index is 0.827. The second-order valence-electron chi connectivity index (χ2n) is 4.56. The summed E-state index contributed by atoms with van der Waals surface area (Å²) >= 11 is 0. The number of hydrogen-bond acceptors (Lipinski definition) is 3. The van der Waals surface area contributed by atoms with Crippen LogP contribution in [-0.2, 0) is 4.74 Å². The molecule has 1 saturated heterocycles. The van der Waals surface area contributed by atoms with E-state index in [9.17, 15) is 0 Å². The fourth-order valence-corrected chi connectivity index (χ4v) is 2.19. The van der Waals surface area contributed by atoms with Gasteiger partial charge in [0, 0.05) is 26.2 Å². The lowest BCUT2D eigenvalue weighted by Gasteiger charge is -2.24. The third-order valence-corrected chi connectivity index (χ3v) is 3.18. The molecule has 3 nitrogen and oxygen atoms in total. The fraction of sp³-hybridized carbons (Fsp3) is 1.00. The van der Waals surface area contributed by atoms with Crippen molar-refractivity contribution in [2.75, 3.05) is 45.9 Å². The highest BCUT2D eigenvalue weighted by Crippen LogP contribution is 2.09. The van der Waals surface area contributed by atoms with E-state index < -0.39 is 0 Å². The third-order valence-electron chi connectivity index (χ3n) is 3.18. The van der Waals surface area contributed by atoms with Gasteiger partial charge in [-0.25, -0.2) is 0 Å². The van der Waals surface area contributed by atoms with Crippen LogP contribution in [0.15, 0.2) is 0 Å². The van der Waals surface area contributed by atoms with E-state index in [0.29, 0.717) is 0 Å². The quantitative estimate of drug-likeness (QED) is 0.673. The first-order chi connectivity index (χ1) is 7.93. The highest BCUT2D eigenvalue weighted by molar-refractivity contribution is 4.63. The van der Waals surface area contributed by atoms with Gasteiger partial charge in [-0.3, -0.25) is 0 Å². The minimum Gasteiger partial charge on any atom is -0.380 e. The van der Waals surface area contributed by atoms with Gasteiger partial charge in [0.2, 0.25) is 0 Å². The van der Waals surface area contributed by atoms with Crippen LogP contribution in [-0.4, -0.2) is 50.8 Å². The monoisotopic (exact) mass is 228 g/mol. The van der Waals surface area contributed by atoms with E-state index in [1.54, 1.807) is 0 Å². The van der Waals surface area contributed by atoms with Gasteiger partial charge in [-0.2, -0.15) is 0 Å². The first-order valence-corrected chi connectivity index (χ1v) is 6.94. The molecule has 1 rings (SSSR count). The van der Waals surface area contributed by atoms with Crippen LogP contribution in [0.1, 0.15) is 39.0 Å². The SMILES string of the molecule is CCOCCNCCN1CCCCCCC1. The Labute approximate surface area is 101 Å². The summed E-state index contributed by atoms with van der Waals surface area (Å²) in [6.45, 7) is 9.60. The summed E-state index contributed by atoms with van der Waals surface area (Å²) in [7, 11) is 0. The summed E-state index contributed by atoms with van der Waals surface area (Å²) in [6, 6.07) is 0. The van der Waals surface area contributed by atoms with Gasteiger partial charge >= 0.3 is 0 Å². The number of rotatable bonds is 7. The molecule has 1 aliphatic heterocycles. The largest absolute Gasteiger partial charge is 0.380 e. The van der Waals surface area contributed by atoms with Crippen LogP contribution in [0.5, 0.6) is 0 Å². The molecule has 0 bridgehead atoms. The number of nitrogens with zero attached hydrogens (tertiary/aromatic N) is 1. The molecule has 0 aromatic heterocycles. The molecule has 1 aliphatic rings. The van der Waals surface area contributed by atoms with Crippen molar-refractivity contribution in [1.29, 1.82) is 0 Å². The summed E-state index contributed by atoms with van der Waals surface area (Å²) in [5.41, 5.74) is 0. The molecule has 96 valence electrons. The van der Waals surface area contributed by atoms with Gasteiger partial charge < -0.3 is 15.0 Å². The van der Waals surface area contributed by atoms with Crippen molar-refractivity contribution in [3.8, 4) is 0 Å². The van der Waals surface area contributed by atoms with Crippen LogP contribution in [0.25, 0.3) is 0 Å². The van der Waals surface area contributed by atoms with E-state index in [1.807, 2.05) is 6.92 Å². The van der Waals surface area contributed by atoms with Gasteiger partial charge in [-0.05, 0) is 32.9 Å². The second-order valence-corrected chi connectivity index (χ2v) is 4.56. The Kier molecular flexibility index (Phi) is 8.77. The van der Waals surface area contributed by atoms with Gasteiger partial charge in [-0.1, -0.05) is 19.3 Å². The van der Waals surface area contributed by atoms with Crippen molar-refractivity contribution in [3.63, 3.8) is 0 Å². The maximum absolute atomic E-state index is 5.29. The van der Waals surface area contributed by atoms with Crippen LogP contribution < -0.4 is 5.32 Å². The van der Waals surface area contributed by atoms with Crippen LogP contribution >= 0.6 is 0 Å². The molecule has 0 unspecified atom stereocenters. The lowest BCUT2D eigenvalue weighted by molar-refractivity contribution is 0.148. The topological polar surface area (TPSA) is 24.5 Å². The van der Waals surface area contributed by atoms with Gasteiger partial charge in [0.15, 0.2) is 0 Å². The van der Waals surface area contributed by atoms with E-state index >= 15 is 0 Å². The summed E-state index contributed by atoms with van der Waals surface area (Å²) in [5.74, 6) is 0. The number of hydrogen-bond donors (Lipinski definition) is 1. The average molecular weight is 228 g/mol. The van der Waals surface area contributed by atoms with Crippen molar-refractivity contribution >= 4 is 0 Å². The van der Waals surface area contributed by atoms with E-state index in [0.717, 1.165) is 26.3 Å². The predicted molar refractivity (Wildman–Crippen MR) is 68.9 cm³/mol. The Morgan fingerprint density at radius 2 is 1.69 bits per heavy atom. The van der Waals surface area contributed by atoms with Crippen molar-refractivity contribution in [2.45, 2.75) is 39.0 Å². The van der Waals surface area contributed by atoms with Crippen LogP contribution in [0.4, 0.5) is 0 Å². The van der Waals surface area contributed by atoms with E-state index in [1.165, 1.54) is 51.7 Å². The van der Waals surface area contributed by atoms with E-state index in [2.05, 4.69) is 10.2 Å². The molecule has 1 heterocycles. The molecule has 0 radical (unpaired) electrons. The molecular formula is C13H28N2O. The molecular weight excluding hydrogens is 200 g/mol. The molecule has 3 heteroatoms. The highest BCUT2D eigenvalue weighted by atomic mass is 16.5. The van der Waals surface area contributed by atoms with Gasteiger partial charge in [-0.15, -0.1) is 0 Å². The van der Waals surface area contributed by atoms with Crippen molar-refractivity contribution in [1.82, 2.24) is 10.2 Å². The normalized spacial score (nSPS) is 19.3. The Balaban J connectivity index is 1.93. The Morgan fingerprint density at radius 3 is 2.38 bits per heavy atom. The van der Waals surface area contributed by atoms with Crippen LogP contribution in [0.2, 0.25) is 0 Å².